The molecule has 0 spiro atoms. The number of ether oxygens (including phenoxy) is 2. The fourth-order valence-electron chi connectivity index (χ4n) is 3.26. The van der Waals surface area contributed by atoms with Gasteiger partial charge in [0, 0.05) is 13.1 Å². The number of benzene rings is 2. The smallest absolute Gasteiger partial charge is 0.238 e. The van der Waals surface area contributed by atoms with Gasteiger partial charge < -0.3 is 19.4 Å². The minimum Gasteiger partial charge on any atom is -0.454 e. The highest BCUT2D eigenvalue weighted by molar-refractivity contribution is 8.00. The minimum absolute atomic E-state index is 0.00632. The molecular weight excluding hydrogens is 440 g/mol. The van der Waals surface area contributed by atoms with E-state index in [0.717, 1.165) is 11.1 Å². The first kappa shape index (κ1) is 21.5. The minimum atomic E-state index is -3.82. The third-order valence-corrected chi connectivity index (χ3v) is 6.89. The Bertz CT molecular complexity index is 1260. The van der Waals surface area contributed by atoms with Crippen LogP contribution in [0.5, 0.6) is 11.5 Å². The second-order valence-electron chi connectivity index (χ2n) is 7.00. The molecule has 0 saturated heterocycles. The van der Waals surface area contributed by atoms with Crippen LogP contribution < -0.4 is 19.9 Å². The molecular formula is C20H22N4O5S2. The van der Waals surface area contributed by atoms with Crippen molar-refractivity contribution in [3.05, 3.63) is 42.0 Å². The SMILES string of the molecule is CCn1c(SC(C)C(=O)NCc2ccc3c(c2)OCO3)nc2cc(S(N)(=O)=O)ccc21. The maximum absolute atomic E-state index is 12.6. The summed E-state index contributed by atoms with van der Waals surface area (Å²) in [4.78, 5) is 17.2. The van der Waals surface area contributed by atoms with E-state index in [-0.39, 0.29) is 17.6 Å². The van der Waals surface area contributed by atoms with Gasteiger partial charge in [-0.05, 0) is 49.7 Å². The Morgan fingerprint density at radius 2 is 2.03 bits per heavy atom. The molecule has 31 heavy (non-hydrogen) atoms. The van der Waals surface area contributed by atoms with E-state index in [9.17, 15) is 13.2 Å². The number of hydrogen-bond acceptors (Lipinski definition) is 7. The van der Waals surface area contributed by atoms with Gasteiger partial charge in [-0.2, -0.15) is 0 Å². The summed E-state index contributed by atoms with van der Waals surface area (Å²) in [6.07, 6.45) is 0. The van der Waals surface area contributed by atoms with Gasteiger partial charge in [-0.15, -0.1) is 0 Å². The zero-order valence-electron chi connectivity index (χ0n) is 17.0. The number of carbonyl (C=O) groups is 1. The van der Waals surface area contributed by atoms with Crippen LogP contribution in [0.25, 0.3) is 11.0 Å². The van der Waals surface area contributed by atoms with Gasteiger partial charge in [-0.1, -0.05) is 17.8 Å². The number of sulfonamides is 1. The number of nitrogens with two attached hydrogens (primary N) is 1. The topological polar surface area (TPSA) is 126 Å². The zero-order valence-corrected chi connectivity index (χ0v) is 18.6. The van der Waals surface area contributed by atoms with Gasteiger partial charge in [-0.25, -0.2) is 18.5 Å². The average Bonchev–Trinajstić information content (AvgIpc) is 3.33. The van der Waals surface area contributed by atoms with Crippen molar-refractivity contribution in [3.63, 3.8) is 0 Å². The first-order valence-electron chi connectivity index (χ1n) is 9.62. The van der Waals surface area contributed by atoms with Crippen molar-refractivity contribution in [1.82, 2.24) is 14.9 Å². The number of thioether (sulfide) groups is 1. The van der Waals surface area contributed by atoms with Gasteiger partial charge in [0.05, 0.1) is 21.2 Å². The maximum atomic E-state index is 12.6. The first-order valence-corrected chi connectivity index (χ1v) is 12.0. The summed E-state index contributed by atoms with van der Waals surface area (Å²) in [7, 11) is -3.82. The molecule has 0 bridgehead atoms. The summed E-state index contributed by atoms with van der Waals surface area (Å²) < 4.78 is 35.8. The Labute approximate surface area is 184 Å². The molecule has 164 valence electrons. The molecule has 0 saturated carbocycles. The summed E-state index contributed by atoms with van der Waals surface area (Å²) in [5.74, 6) is 1.23. The molecule has 9 nitrogen and oxygen atoms in total. The van der Waals surface area contributed by atoms with Crippen LogP contribution in [-0.4, -0.2) is 35.9 Å². The Kier molecular flexibility index (Phi) is 5.82. The molecule has 2 heterocycles. The second kappa shape index (κ2) is 8.40. The van der Waals surface area contributed by atoms with Crippen molar-refractivity contribution < 1.29 is 22.7 Å². The number of primary sulfonamides is 1. The second-order valence-corrected chi connectivity index (χ2v) is 9.87. The van der Waals surface area contributed by atoms with E-state index in [0.29, 0.717) is 35.3 Å². The van der Waals surface area contributed by atoms with Gasteiger partial charge in [0.1, 0.15) is 0 Å². The van der Waals surface area contributed by atoms with E-state index >= 15 is 0 Å². The number of rotatable bonds is 7. The number of hydrogen-bond donors (Lipinski definition) is 2. The number of fused-ring (bicyclic) bond motifs is 2. The number of aryl methyl sites for hydroxylation is 1. The quantitative estimate of drug-likeness (QED) is 0.516. The van der Waals surface area contributed by atoms with Crippen LogP contribution in [0.4, 0.5) is 0 Å². The van der Waals surface area contributed by atoms with E-state index < -0.39 is 15.3 Å². The summed E-state index contributed by atoms with van der Waals surface area (Å²) in [5, 5.41) is 8.37. The van der Waals surface area contributed by atoms with Crippen LogP contribution in [-0.2, 0) is 27.9 Å². The number of amides is 1. The van der Waals surface area contributed by atoms with E-state index in [4.69, 9.17) is 14.6 Å². The molecule has 1 atom stereocenters. The highest BCUT2D eigenvalue weighted by Crippen LogP contribution is 2.32. The lowest BCUT2D eigenvalue weighted by Crippen LogP contribution is -2.30. The molecule has 1 aliphatic rings. The molecule has 1 amide bonds. The normalized spacial score (nSPS) is 14.0. The highest BCUT2D eigenvalue weighted by atomic mass is 32.2. The molecule has 3 N–H and O–H groups in total. The molecule has 0 aliphatic carbocycles. The number of imidazole rings is 1. The van der Waals surface area contributed by atoms with Gasteiger partial charge in [0.15, 0.2) is 16.7 Å². The number of aromatic nitrogens is 2. The van der Waals surface area contributed by atoms with Crippen LogP contribution in [0.1, 0.15) is 19.4 Å². The van der Waals surface area contributed by atoms with Crippen molar-refractivity contribution in [3.8, 4) is 11.5 Å². The fourth-order valence-corrected chi connectivity index (χ4v) is 4.80. The molecule has 4 rings (SSSR count). The monoisotopic (exact) mass is 462 g/mol. The van der Waals surface area contributed by atoms with Gasteiger partial charge in [0.25, 0.3) is 0 Å². The van der Waals surface area contributed by atoms with Gasteiger partial charge >= 0.3 is 0 Å². The van der Waals surface area contributed by atoms with Crippen molar-refractivity contribution in [2.75, 3.05) is 6.79 Å². The lowest BCUT2D eigenvalue weighted by atomic mass is 10.2. The highest BCUT2D eigenvalue weighted by Gasteiger charge is 2.20. The lowest BCUT2D eigenvalue weighted by Gasteiger charge is -2.13. The summed E-state index contributed by atoms with van der Waals surface area (Å²) in [6, 6.07) is 10.1. The Morgan fingerprint density at radius 3 is 2.77 bits per heavy atom. The van der Waals surface area contributed by atoms with Crippen molar-refractivity contribution in [1.29, 1.82) is 0 Å². The Balaban J connectivity index is 1.46. The van der Waals surface area contributed by atoms with Gasteiger partial charge in [0.2, 0.25) is 22.7 Å². The van der Waals surface area contributed by atoms with Crippen LogP contribution in [0.2, 0.25) is 0 Å². The average molecular weight is 463 g/mol. The van der Waals surface area contributed by atoms with E-state index in [1.807, 2.05) is 29.7 Å². The first-order chi connectivity index (χ1) is 14.8. The van der Waals surface area contributed by atoms with Crippen LogP contribution in [0, 0.1) is 0 Å². The van der Waals surface area contributed by atoms with E-state index in [2.05, 4.69) is 10.3 Å². The third-order valence-electron chi connectivity index (χ3n) is 4.88. The molecule has 2 aromatic carbocycles. The van der Waals surface area contributed by atoms with Crippen LogP contribution >= 0.6 is 11.8 Å². The third kappa shape index (κ3) is 4.48. The Morgan fingerprint density at radius 1 is 1.26 bits per heavy atom. The van der Waals surface area contributed by atoms with E-state index in [1.54, 1.807) is 13.0 Å². The summed E-state index contributed by atoms with van der Waals surface area (Å²) >= 11 is 1.31. The van der Waals surface area contributed by atoms with Gasteiger partial charge in [-0.3, -0.25) is 4.79 Å². The molecule has 0 fully saturated rings. The maximum Gasteiger partial charge on any atom is 0.238 e. The molecule has 11 heteroatoms. The predicted molar refractivity (Wildman–Crippen MR) is 117 cm³/mol. The Hall–Kier alpha value is -2.76. The molecule has 0 radical (unpaired) electrons. The summed E-state index contributed by atoms with van der Waals surface area (Å²) in [6.45, 7) is 4.95. The molecule has 3 aromatic rings. The standard InChI is InChI=1S/C20H22N4O5S2/c1-3-24-16-6-5-14(31(21,26)27)9-15(16)23-20(24)30-12(2)19(25)22-10-13-4-7-17-18(8-13)29-11-28-17/h4-9,12H,3,10-11H2,1-2H3,(H,22,25)(H2,21,26,27). The van der Waals surface area contributed by atoms with Crippen LogP contribution in [0.3, 0.4) is 0 Å². The number of nitrogens with one attached hydrogen (secondary N) is 1. The molecule has 1 aliphatic heterocycles. The predicted octanol–water partition coefficient (Wildman–Crippen LogP) is 2.23. The van der Waals surface area contributed by atoms with Crippen molar-refractivity contribution in [2.24, 2.45) is 5.14 Å². The summed E-state index contributed by atoms with van der Waals surface area (Å²) in [5.41, 5.74) is 2.21. The zero-order chi connectivity index (χ0) is 22.2. The molecule has 1 unspecified atom stereocenters. The van der Waals surface area contributed by atoms with Crippen molar-refractivity contribution in [2.45, 2.75) is 42.2 Å². The fraction of sp³-hybridized carbons (Fsp3) is 0.300. The van der Waals surface area contributed by atoms with Crippen LogP contribution in [0.15, 0.2) is 46.5 Å². The number of nitrogens with zero attached hydrogens (tertiary/aromatic N) is 2. The van der Waals surface area contributed by atoms with E-state index in [1.165, 1.54) is 23.9 Å². The molecule has 1 aromatic heterocycles. The number of carbonyl (C=O) groups excluding carboxylic acids is 1. The largest absolute Gasteiger partial charge is 0.454 e. The van der Waals surface area contributed by atoms with Crippen molar-refractivity contribution >= 4 is 38.7 Å². The lowest BCUT2D eigenvalue weighted by molar-refractivity contribution is -0.120.